The molecule has 0 aromatic heterocycles. The van der Waals surface area contributed by atoms with E-state index in [2.05, 4.69) is 0 Å². The van der Waals surface area contributed by atoms with Crippen LogP contribution < -0.4 is 11.5 Å². The van der Waals surface area contributed by atoms with Crippen molar-refractivity contribution in [1.82, 2.24) is 0 Å². The summed E-state index contributed by atoms with van der Waals surface area (Å²) < 4.78 is 5.05. The minimum absolute atomic E-state index is 0.381. The normalized spacial score (nSPS) is 10.3. The van der Waals surface area contributed by atoms with Gasteiger partial charge < -0.3 is 16.2 Å². The monoisotopic (exact) mass is 208 g/mol. The second-order valence-electron chi connectivity index (χ2n) is 3.32. The molecular weight excluding hydrogens is 192 g/mol. The zero-order chi connectivity index (χ0) is 11.4. The van der Waals surface area contributed by atoms with Crippen LogP contribution in [0.25, 0.3) is 0 Å². The van der Waals surface area contributed by atoms with Crippen molar-refractivity contribution >= 4 is 11.6 Å². The van der Waals surface area contributed by atoms with Crippen molar-refractivity contribution in [3.63, 3.8) is 0 Å². The molecule has 0 atom stereocenters. The molecule has 0 unspecified atom stereocenters. The number of amides is 1. The summed E-state index contributed by atoms with van der Waals surface area (Å²) in [6, 6.07) is 3.48. The van der Waals surface area contributed by atoms with E-state index in [9.17, 15) is 4.79 Å². The molecule has 0 fully saturated rings. The SMILES string of the molecule is CCc1c(COC)ccc(C(N)=O)c1N. The first-order chi connectivity index (χ1) is 7.11. The highest BCUT2D eigenvalue weighted by Gasteiger charge is 2.12. The Kier molecular flexibility index (Phi) is 3.68. The van der Waals surface area contributed by atoms with Gasteiger partial charge in [0, 0.05) is 12.8 Å². The maximum atomic E-state index is 11.1. The smallest absolute Gasteiger partial charge is 0.250 e. The zero-order valence-electron chi connectivity index (χ0n) is 9.04. The highest BCUT2D eigenvalue weighted by Crippen LogP contribution is 2.22. The van der Waals surface area contributed by atoms with Crippen LogP contribution in [0.3, 0.4) is 0 Å². The number of primary amides is 1. The molecule has 1 amide bonds. The molecule has 0 saturated heterocycles. The average Bonchev–Trinajstić information content (AvgIpc) is 2.18. The third-order valence-corrected chi connectivity index (χ3v) is 2.37. The summed E-state index contributed by atoms with van der Waals surface area (Å²) in [7, 11) is 1.62. The van der Waals surface area contributed by atoms with Gasteiger partial charge in [0.15, 0.2) is 0 Å². The lowest BCUT2D eigenvalue weighted by Crippen LogP contribution is -2.15. The number of rotatable bonds is 4. The maximum absolute atomic E-state index is 11.1. The van der Waals surface area contributed by atoms with Crippen molar-refractivity contribution in [3.8, 4) is 0 Å². The number of ether oxygens (including phenoxy) is 1. The Bertz CT molecular complexity index is 375. The summed E-state index contributed by atoms with van der Waals surface area (Å²) in [6.45, 7) is 2.47. The Morgan fingerprint density at radius 3 is 2.60 bits per heavy atom. The van der Waals surface area contributed by atoms with Gasteiger partial charge >= 0.3 is 0 Å². The van der Waals surface area contributed by atoms with E-state index in [1.54, 1.807) is 13.2 Å². The molecule has 0 bridgehead atoms. The van der Waals surface area contributed by atoms with Gasteiger partial charge in [0.05, 0.1) is 12.2 Å². The van der Waals surface area contributed by atoms with Crippen molar-refractivity contribution in [1.29, 1.82) is 0 Å². The summed E-state index contributed by atoms with van der Waals surface area (Å²) in [5.41, 5.74) is 13.9. The first-order valence-corrected chi connectivity index (χ1v) is 4.80. The third kappa shape index (κ3) is 2.27. The third-order valence-electron chi connectivity index (χ3n) is 2.37. The standard InChI is InChI=1S/C11H16N2O2/c1-3-8-7(6-15-2)4-5-9(10(8)12)11(13)14/h4-5H,3,6,12H2,1-2H3,(H2,13,14). The van der Waals surface area contributed by atoms with Crippen molar-refractivity contribution in [2.75, 3.05) is 12.8 Å². The van der Waals surface area contributed by atoms with Gasteiger partial charge in [-0.05, 0) is 23.6 Å². The second-order valence-corrected chi connectivity index (χ2v) is 3.32. The van der Waals surface area contributed by atoms with Crippen LogP contribution in [-0.2, 0) is 17.8 Å². The highest BCUT2D eigenvalue weighted by molar-refractivity contribution is 5.98. The Hall–Kier alpha value is -1.55. The van der Waals surface area contributed by atoms with E-state index >= 15 is 0 Å². The fourth-order valence-corrected chi connectivity index (χ4v) is 1.63. The maximum Gasteiger partial charge on any atom is 0.250 e. The number of carbonyl (C=O) groups excluding carboxylic acids is 1. The second kappa shape index (κ2) is 4.79. The van der Waals surface area contributed by atoms with Crippen molar-refractivity contribution in [3.05, 3.63) is 28.8 Å². The summed E-state index contributed by atoms with van der Waals surface area (Å²) in [6.07, 6.45) is 0.756. The van der Waals surface area contributed by atoms with Gasteiger partial charge in [0.1, 0.15) is 0 Å². The predicted octanol–water partition coefficient (Wildman–Crippen LogP) is 1.08. The van der Waals surface area contributed by atoms with Crippen LogP contribution in [0.5, 0.6) is 0 Å². The van der Waals surface area contributed by atoms with Gasteiger partial charge in [-0.2, -0.15) is 0 Å². The van der Waals surface area contributed by atoms with Gasteiger partial charge in [-0.15, -0.1) is 0 Å². The molecule has 15 heavy (non-hydrogen) atoms. The Morgan fingerprint density at radius 1 is 1.47 bits per heavy atom. The molecule has 4 N–H and O–H groups in total. The first kappa shape index (κ1) is 11.5. The van der Waals surface area contributed by atoms with Gasteiger partial charge in [-0.25, -0.2) is 0 Å². The van der Waals surface area contributed by atoms with Crippen LogP contribution in [0.15, 0.2) is 12.1 Å². The van der Waals surface area contributed by atoms with E-state index in [-0.39, 0.29) is 0 Å². The largest absolute Gasteiger partial charge is 0.398 e. The van der Waals surface area contributed by atoms with E-state index in [4.69, 9.17) is 16.2 Å². The van der Waals surface area contributed by atoms with Crippen LogP contribution in [0.4, 0.5) is 5.69 Å². The molecule has 4 heteroatoms. The van der Waals surface area contributed by atoms with E-state index in [0.29, 0.717) is 17.9 Å². The molecule has 0 radical (unpaired) electrons. The molecule has 1 aromatic carbocycles. The Labute approximate surface area is 89.2 Å². The fraction of sp³-hybridized carbons (Fsp3) is 0.364. The number of hydrogen-bond acceptors (Lipinski definition) is 3. The van der Waals surface area contributed by atoms with E-state index in [0.717, 1.165) is 17.5 Å². The summed E-state index contributed by atoms with van der Waals surface area (Å²) in [5, 5.41) is 0. The average molecular weight is 208 g/mol. The number of hydrogen-bond donors (Lipinski definition) is 2. The number of nitrogens with two attached hydrogens (primary N) is 2. The van der Waals surface area contributed by atoms with E-state index < -0.39 is 5.91 Å². The molecule has 0 aliphatic heterocycles. The molecule has 0 spiro atoms. The number of anilines is 1. The van der Waals surface area contributed by atoms with Crippen molar-refractivity contribution in [2.45, 2.75) is 20.0 Å². The van der Waals surface area contributed by atoms with Gasteiger partial charge in [0.2, 0.25) is 0 Å². The fourth-order valence-electron chi connectivity index (χ4n) is 1.63. The summed E-state index contributed by atoms with van der Waals surface area (Å²) in [5.74, 6) is -0.494. The van der Waals surface area contributed by atoms with Crippen LogP contribution in [-0.4, -0.2) is 13.0 Å². The lowest BCUT2D eigenvalue weighted by molar-refractivity contribution is 0.100. The van der Waals surface area contributed by atoms with Crippen molar-refractivity contribution < 1.29 is 9.53 Å². The van der Waals surface area contributed by atoms with E-state index in [1.807, 2.05) is 13.0 Å². The number of carbonyl (C=O) groups is 1. The van der Waals surface area contributed by atoms with Gasteiger partial charge in [-0.1, -0.05) is 13.0 Å². The summed E-state index contributed by atoms with van der Waals surface area (Å²) in [4.78, 5) is 11.1. The highest BCUT2D eigenvalue weighted by atomic mass is 16.5. The molecular formula is C11H16N2O2. The predicted molar refractivity (Wildman–Crippen MR) is 59.5 cm³/mol. The lowest BCUT2D eigenvalue weighted by atomic mass is 9.99. The Morgan fingerprint density at radius 2 is 2.13 bits per heavy atom. The molecule has 1 aromatic rings. The summed E-state index contributed by atoms with van der Waals surface area (Å²) >= 11 is 0. The molecule has 4 nitrogen and oxygen atoms in total. The molecule has 0 saturated carbocycles. The van der Waals surface area contributed by atoms with E-state index in [1.165, 1.54) is 0 Å². The molecule has 0 aliphatic carbocycles. The van der Waals surface area contributed by atoms with Crippen LogP contribution in [0.1, 0.15) is 28.4 Å². The minimum Gasteiger partial charge on any atom is -0.398 e. The van der Waals surface area contributed by atoms with Gasteiger partial charge in [0.25, 0.3) is 5.91 Å². The number of methoxy groups -OCH3 is 1. The van der Waals surface area contributed by atoms with Crippen LogP contribution >= 0.6 is 0 Å². The molecule has 0 heterocycles. The molecule has 82 valence electrons. The number of nitrogen functional groups attached to an aromatic ring is 1. The van der Waals surface area contributed by atoms with Crippen molar-refractivity contribution in [2.24, 2.45) is 5.73 Å². The minimum atomic E-state index is -0.494. The van der Waals surface area contributed by atoms with Crippen LogP contribution in [0, 0.1) is 0 Å². The Balaban J connectivity index is 3.25. The lowest BCUT2D eigenvalue weighted by Gasteiger charge is -2.12. The van der Waals surface area contributed by atoms with Crippen LogP contribution in [0.2, 0.25) is 0 Å². The number of benzene rings is 1. The topological polar surface area (TPSA) is 78.3 Å². The first-order valence-electron chi connectivity index (χ1n) is 4.80. The molecule has 1 rings (SSSR count). The quantitative estimate of drug-likeness (QED) is 0.726. The zero-order valence-corrected chi connectivity index (χ0v) is 9.04. The van der Waals surface area contributed by atoms with Gasteiger partial charge in [-0.3, -0.25) is 4.79 Å². The molecule has 0 aliphatic rings.